The van der Waals surface area contributed by atoms with E-state index in [9.17, 15) is 19.7 Å². The molecule has 0 aliphatic rings. The summed E-state index contributed by atoms with van der Waals surface area (Å²) in [6.45, 7) is 0. The average Bonchev–Trinajstić information content (AvgIpc) is 2.60. The number of benzene rings is 2. The van der Waals surface area contributed by atoms with Gasteiger partial charge in [0.15, 0.2) is 0 Å². The third-order valence-corrected chi connectivity index (χ3v) is 3.60. The smallest absolute Gasteiger partial charge is 0.413 e. The number of nitro benzene ring substituents is 1. The molecule has 0 saturated carbocycles. The maximum Gasteiger partial charge on any atom is 0.413 e. The van der Waals surface area contributed by atoms with E-state index in [2.05, 4.69) is 10.1 Å². The molecule has 0 saturated heterocycles. The van der Waals surface area contributed by atoms with Crippen molar-refractivity contribution in [3.63, 3.8) is 0 Å². The Morgan fingerprint density at radius 3 is 2.40 bits per heavy atom. The normalized spacial score (nSPS) is 10.0. The lowest BCUT2D eigenvalue weighted by Gasteiger charge is -2.16. The highest BCUT2D eigenvalue weighted by Gasteiger charge is 2.20. The zero-order valence-electron chi connectivity index (χ0n) is 13.4. The van der Waals surface area contributed by atoms with Crippen LogP contribution in [0.15, 0.2) is 42.5 Å². The van der Waals surface area contributed by atoms with Crippen molar-refractivity contribution in [2.45, 2.75) is 0 Å². The molecule has 0 aliphatic heterocycles. The fourth-order valence-electron chi connectivity index (χ4n) is 2.06. The summed E-state index contributed by atoms with van der Waals surface area (Å²) < 4.78 is 4.61. The number of hydrogen-bond donors (Lipinski definition) is 1. The van der Waals surface area contributed by atoms with Gasteiger partial charge in [-0.1, -0.05) is 11.6 Å². The van der Waals surface area contributed by atoms with Gasteiger partial charge < -0.3 is 10.1 Å². The first-order chi connectivity index (χ1) is 11.8. The van der Waals surface area contributed by atoms with Gasteiger partial charge in [-0.25, -0.2) is 4.79 Å². The Morgan fingerprint density at radius 2 is 1.84 bits per heavy atom. The highest BCUT2D eigenvalue weighted by Crippen LogP contribution is 2.25. The number of ether oxygens (including phenoxy) is 1. The van der Waals surface area contributed by atoms with E-state index < -0.39 is 16.9 Å². The number of nitrogens with zero attached hydrogens (tertiary/aromatic N) is 2. The molecule has 0 spiro atoms. The lowest BCUT2D eigenvalue weighted by molar-refractivity contribution is -0.385. The van der Waals surface area contributed by atoms with E-state index in [0.717, 1.165) is 6.07 Å². The zero-order valence-corrected chi connectivity index (χ0v) is 14.1. The first-order valence-corrected chi connectivity index (χ1v) is 7.38. The van der Waals surface area contributed by atoms with Crippen LogP contribution in [0.25, 0.3) is 0 Å². The van der Waals surface area contributed by atoms with Crippen LogP contribution in [0.1, 0.15) is 10.4 Å². The van der Waals surface area contributed by atoms with Gasteiger partial charge in [0.2, 0.25) is 0 Å². The summed E-state index contributed by atoms with van der Waals surface area (Å²) in [6, 6.07) is 10.1. The zero-order chi connectivity index (χ0) is 18.6. The van der Waals surface area contributed by atoms with Crippen LogP contribution in [0.4, 0.5) is 21.9 Å². The topological polar surface area (TPSA) is 102 Å². The number of hydrogen-bond acceptors (Lipinski definition) is 5. The van der Waals surface area contributed by atoms with Crippen molar-refractivity contribution in [2.24, 2.45) is 0 Å². The van der Waals surface area contributed by atoms with Gasteiger partial charge in [-0.3, -0.25) is 19.8 Å². The Labute approximate surface area is 148 Å². The Morgan fingerprint density at radius 1 is 1.20 bits per heavy atom. The fourth-order valence-corrected chi connectivity index (χ4v) is 2.22. The highest BCUT2D eigenvalue weighted by atomic mass is 35.5. The monoisotopic (exact) mass is 363 g/mol. The predicted octanol–water partition coefficient (Wildman–Crippen LogP) is 3.70. The molecule has 0 radical (unpaired) electrons. The highest BCUT2D eigenvalue weighted by molar-refractivity contribution is 6.31. The summed E-state index contributed by atoms with van der Waals surface area (Å²) in [6.07, 6.45) is -0.534. The van der Waals surface area contributed by atoms with Crippen molar-refractivity contribution >= 4 is 40.7 Å². The van der Waals surface area contributed by atoms with Crippen LogP contribution >= 0.6 is 11.6 Å². The van der Waals surface area contributed by atoms with Crippen molar-refractivity contribution in [3.8, 4) is 0 Å². The molecule has 0 atom stereocenters. The van der Waals surface area contributed by atoms with Gasteiger partial charge in [0.1, 0.15) is 5.56 Å². The van der Waals surface area contributed by atoms with Gasteiger partial charge in [-0.2, -0.15) is 0 Å². The van der Waals surface area contributed by atoms with Crippen molar-refractivity contribution in [1.82, 2.24) is 0 Å². The number of nitrogens with one attached hydrogen (secondary N) is 1. The first-order valence-electron chi connectivity index (χ1n) is 7.00. The molecule has 130 valence electrons. The van der Waals surface area contributed by atoms with E-state index in [1.165, 1.54) is 31.2 Å². The molecule has 9 heteroatoms. The standard InChI is InChI=1S/C16H14ClN3O5/c1-19(16(22)25-2)12-6-4-11(5-7-12)18-15(21)13-8-3-10(17)9-14(13)20(23)24/h3-9H,1-2H3,(H,18,21). The number of carbonyl (C=O) groups is 2. The molecule has 0 unspecified atom stereocenters. The number of methoxy groups -OCH3 is 1. The summed E-state index contributed by atoms with van der Waals surface area (Å²) in [5.41, 5.74) is 0.482. The van der Waals surface area contributed by atoms with Gasteiger partial charge in [-0.15, -0.1) is 0 Å². The van der Waals surface area contributed by atoms with E-state index in [1.807, 2.05) is 0 Å². The molecule has 0 aliphatic carbocycles. The predicted molar refractivity (Wildman–Crippen MR) is 93.3 cm³/mol. The van der Waals surface area contributed by atoms with Crippen molar-refractivity contribution < 1.29 is 19.2 Å². The van der Waals surface area contributed by atoms with Crippen molar-refractivity contribution in [1.29, 1.82) is 0 Å². The third-order valence-electron chi connectivity index (χ3n) is 3.36. The summed E-state index contributed by atoms with van der Waals surface area (Å²) in [7, 11) is 2.81. The molecule has 2 aromatic carbocycles. The van der Waals surface area contributed by atoms with Crippen molar-refractivity contribution in [2.75, 3.05) is 24.4 Å². The van der Waals surface area contributed by atoms with Gasteiger partial charge in [0, 0.05) is 29.5 Å². The van der Waals surface area contributed by atoms with E-state index in [-0.39, 0.29) is 16.3 Å². The minimum absolute atomic E-state index is 0.106. The fraction of sp³-hybridized carbons (Fsp3) is 0.125. The summed E-state index contributed by atoms with van der Waals surface area (Å²) in [5, 5.41) is 13.8. The molecular weight excluding hydrogens is 350 g/mol. The molecule has 0 aromatic heterocycles. The number of nitro groups is 1. The lowest BCUT2D eigenvalue weighted by atomic mass is 10.1. The Hall–Kier alpha value is -3.13. The van der Waals surface area contributed by atoms with E-state index in [1.54, 1.807) is 24.3 Å². The maximum absolute atomic E-state index is 12.3. The van der Waals surface area contributed by atoms with Gasteiger partial charge in [-0.05, 0) is 36.4 Å². The largest absolute Gasteiger partial charge is 0.452 e. The lowest BCUT2D eigenvalue weighted by Crippen LogP contribution is -2.25. The molecule has 2 aromatic rings. The van der Waals surface area contributed by atoms with Gasteiger partial charge in [0.25, 0.3) is 11.6 Å². The second kappa shape index (κ2) is 7.63. The number of rotatable bonds is 4. The second-order valence-corrected chi connectivity index (χ2v) is 5.39. The third kappa shape index (κ3) is 4.24. The van der Waals surface area contributed by atoms with Gasteiger partial charge >= 0.3 is 6.09 Å². The average molecular weight is 364 g/mol. The van der Waals surface area contributed by atoms with Crippen LogP contribution in [-0.4, -0.2) is 31.1 Å². The number of halogens is 1. The quantitative estimate of drug-likeness (QED) is 0.659. The maximum atomic E-state index is 12.3. The minimum atomic E-state index is -0.671. The van der Waals surface area contributed by atoms with E-state index >= 15 is 0 Å². The summed E-state index contributed by atoms with van der Waals surface area (Å²) in [4.78, 5) is 35.4. The molecule has 8 nitrogen and oxygen atoms in total. The van der Waals surface area contributed by atoms with Crippen LogP contribution in [0.2, 0.25) is 5.02 Å². The van der Waals surface area contributed by atoms with Crippen LogP contribution in [0.5, 0.6) is 0 Å². The molecule has 1 N–H and O–H groups in total. The molecule has 2 amide bonds. The molecule has 0 bridgehead atoms. The van der Waals surface area contributed by atoms with Crippen LogP contribution in [-0.2, 0) is 4.74 Å². The van der Waals surface area contributed by atoms with E-state index in [4.69, 9.17) is 11.6 Å². The van der Waals surface area contributed by atoms with Crippen LogP contribution in [0, 0.1) is 10.1 Å². The summed E-state index contributed by atoms with van der Waals surface area (Å²) >= 11 is 5.73. The number of anilines is 2. The molecular formula is C16H14ClN3O5. The van der Waals surface area contributed by atoms with Gasteiger partial charge in [0.05, 0.1) is 12.0 Å². The Bertz CT molecular complexity index is 823. The first kappa shape index (κ1) is 18.2. The minimum Gasteiger partial charge on any atom is -0.452 e. The molecule has 25 heavy (non-hydrogen) atoms. The Kier molecular flexibility index (Phi) is 5.56. The van der Waals surface area contributed by atoms with E-state index in [0.29, 0.717) is 11.4 Å². The number of amides is 2. The molecule has 0 fully saturated rings. The molecule has 0 heterocycles. The Balaban J connectivity index is 2.19. The number of carbonyl (C=O) groups excluding carboxylic acids is 2. The van der Waals surface area contributed by atoms with Crippen LogP contribution in [0.3, 0.4) is 0 Å². The SMILES string of the molecule is COC(=O)N(C)c1ccc(NC(=O)c2ccc(Cl)cc2[N+](=O)[O-])cc1. The van der Waals surface area contributed by atoms with Crippen molar-refractivity contribution in [3.05, 3.63) is 63.2 Å². The molecule has 2 rings (SSSR count). The second-order valence-electron chi connectivity index (χ2n) is 4.95. The summed E-state index contributed by atoms with van der Waals surface area (Å²) in [5.74, 6) is -0.641. The van der Waals surface area contributed by atoms with Crippen LogP contribution < -0.4 is 10.2 Å².